The summed E-state index contributed by atoms with van der Waals surface area (Å²) in [5.74, 6) is -0.245. The average molecular weight is 323 g/mol. The fourth-order valence-electron chi connectivity index (χ4n) is 3.48. The quantitative estimate of drug-likeness (QED) is 0.799. The number of likely N-dealkylation sites (tertiary alicyclic amines) is 1. The molecule has 4 nitrogen and oxygen atoms in total. The van der Waals surface area contributed by atoms with E-state index in [1.165, 1.54) is 6.07 Å². The number of phenolic OH excluding ortho intramolecular Hbond substituents is 1. The molecular formula is C19H18FN3O. The molecule has 0 bridgehead atoms. The normalized spacial score (nSPS) is 16.5. The minimum Gasteiger partial charge on any atom is -0.505 e. The van der Waals surface area contributed by atoms with E-state index in [4.69, 9.17) is 0 Å². The second kappa shape index (κ2) is 6.17. The summed E-state index contributed by atoms with van der Waals surface area (Å²) in [6.45, 7) is 1.72. The largest absolute Gasteiger partial charge is 0.505 e. The van der Waals surface area contributed by atoms with Crippen molar-refractivity contribution in [3.8, 4) is 5.75 Å². The summed E-state index contributed by atoms with van der Waals surface area (Å²) in [7, 11) is 0. The number of benzene rings is 1. The third kappa shape index (κ3) is 2.51. The molecule has 1 aliphatic heterocycles. The summed E-state index contributed by atoms with van der Waals surface area (Å²) in [5.41, 5.74) is 1.54. The van der Waals surface area contributed by atoms with Gasteiger partial charge in [0.25, 0.3) is 0 Å². The molecule has 0 aliphatic carbocycles. The molecule has 4 rings (SSSR count). The van der Waals surface area contributed by atoms with Gasteiger partial charge in [-0.1, -0.05) is 18.2 Å². The van der Waals surface area contributed by atoms with Crippen molar-refractivity contribution in [3.63, 3.8) is 0 Å². The molecule has 1 aromatic carbocycles. The third-order valence-corrected chi connectivity index (χ3v) is 4.63. The van der Waals surface area contributed by atoms with E-state index in [2.05, 4.69) is 14.9 Å². The molecule has 122 valence electrons. The van der Waals surface area contributed by atoms with Crippen LogP contribution in [0.5, 0.6) is 5.75 Å². The van der Waals surface area contributed by atoms with Gasteiger partial charge in [0.05, 0.1) is 11.7 Å². The Labute approximate surface area is 139 Å². The minimum atomic E-state index is -0.403. The summed E-state index contributed by atoms with van der Waals surface area (Å²) < 4.78 is 14.4. The summed E-state index contributed by atoms with van der Waals surface area (Å²) >= 11 is 0. The summed E-state index contributed by atoms with van der Waals surface area (Å²) in [4.78, 5) is 10.7. The lowest BCUT2D eigenvalue weighted by atomic mass is 9.98. The molecule has 0 radical (unpaired) electrons. The Kier molecular flexibility index (Phi) is 3.86. The van der Waals surface area contributed by atoms with Crippen LogP contribution in [0.25, 0.3) is 10.9 Å². The van der Waals surface area contributed by atoms with Crippen LogP contribution < -0.4 is 0 Å². The number of rotatable bonds is 3. The van der Waals surface area contributed by atoms with E-state index >= 15 is 0 Å². The van der Waals surface area contributed by atoms with Gasteiger partial charge < -0.3 is 5.11 Å². The first-order valence-corrected chi connectivity index (χ1v) is 8.17. The molecule has 0 spiro atoms. The minimum absolute atomic E-state index is 0.107. The van der Waals surface area contributed by atoms with Gasteiger partial charge in [-0.2, -0.15) is 0 Å². The van der Waals surface area contributed by atoms with Crippen molar-refractivity contribution in [1.29, 1.82) is 0 Å². The van der Waals surface area contributed by atoms with Gasteiger partial charge >= 0.3 is 0 Å². The monoisotopic (exact) mass is 323 g/mol. The van der Waals surface area contributed by atoms with E-state index in [0.717, 1.165) is 31.3 Å². The summed E-state index contributed by atoms with van der Waals surface area (Å²) in [6, 6.07) is 10.1. The third-order valence-electron chi connectivity index (χ3n) is 4.63. The number of aromatic nitrogens is 2. The molecule has 5 heteroatoms. The van der Waals surface area contributed by atoms with Crippen molar-refractivity contribution in [1.82, 2.24) is 14.9 Å². The second-order valence-electron chi connectivity index (χ2n) is 6.09. The number of pyridine rings is 2. The maximum atomic E-state index is 14.4. The number of nitrogens with zero attached hydrogens (tertiary/aromatic N) is 3. The van der Waals surface area contributed by atoms with Crippen molar-refractivity contribution in [2.45, 2.75) is 18.9 Å². The predicted molar refractivity (Wildman–Crippen MR) is 90.3 cm³/mol. The Morgan fingerprint density at radius 3 is 2.54 bits per heavy atom. The molecule has 0 amide bonds. The highest BCUT2D eigenvalue weighted by molar-refractivity contribution is 5.85. The Hall–Kier alpha value is -2.53. The number of halogens is 1. The SMILES string of the molecule is Oc1c(C(c2ncccc2F)N2CCCC2)ccc2cccnc12. The summed E-state index contributed by atoms with van der Waals surface area (Å²) in [6.07, 6.45) is 5.38. The number of fused-ring (bicyclic) bond motifs is 1. The van der Waals surface area contributed by atoms with Crippen molar-refractivity contribution in [3.05, 3.63) is 65.9 Å². The van der Waals surface area contributed by atoms with Gasteiger partial charge in [0, 0.05) is 23.3 Å². The van der Waals surface area contributed by atoms with Crippen LogP contribution in [0.4, 0.5) is 4.39 Å². The zero-order valence-corrected chi connectivity index (χ0v) is 13.2. The number of aromatic hydroxyl groups is 1. The van der Waals surface area contributed by atoms with Crippen molar-refractivity contribution in [2.75, 3.05) is 13.1 Å². The molecule has 2 aromatic heterocycles. The van der Waals surface area contributed by atoms with Crippen LogP contribution in [-0.4, -0.2) is 33.1 Å². The Morgan fingerprint density at radius 1 is 1.00 bits per heavy atom. The molecule has 3 aromatic rings. The zero-order valence-electron chi connectivity index (χ0n) is 13.2. The van der Waals surface area contributed by atoms with Gasteiger partial charge in [0.15, 0.2) is 0 Å². The molecule has 1 saturated heterocycles. The van der Waals surface area contributed by atoms with E-state index in [1.807, 2.05) is 24.3 Å². The van der Waals surface area contributed by atoms with E-state index in [1.54, 1.807) is 18.5 Å². The van der Waals surface area contributed by atoms with Crippen LogP contribution in [0.3, 0.4) is 0 Å². The highest BCUT2D eigenvalue weighted by Crippen LogP contribution is 2.39. The van der Waals surface area contributed by atoms with Gasteiger partial charge in [-0.15, -0.1) is 0 Å². The molecule has 0 saturated carbocycles. The summed E-state index contributed by atoms with van der Waals surface area (Å²) in [5, 5.41) is 11.7. The molecule has 1 aliphatic rings. The molecule has 3 heterocycles. The van der Waals surface area contributed by atoms with Gasteiger partial charge in [-0.25, -0.2) is 4.39 Å². The fraction of sp³-hybridized carbons (Fsp3) is 0.263. The topological polar surface area (TPSA) is 49.3 Å². The highest BCUT2D eigenvalue weighted by Gasteiger charge is 2.30. The Morgan fingerprint density at radius 2 is 1.75 bits per heavy atom. The van der Waals surface area contributed by atoms with E-state index < -0.39 is 6.04 Å². The molecule has 1 atom stereocenters. The Balaban J connectivity index is 1.91. The van der Waals surface area contributed by atoms with Crippen LogP contribution in [-0.2, 0) is 0 Å². The number of hydrogen-bond acceptors (Lipinski definition) is 4. The maximum Gasteiger partial charge on any atom is 0.146 e. The lowest BCUT2D eigenvalue weighted by Crippen LogP contribution is -2.28. The lowest BCUT2D eigenvalue weighted by Gasteiger charge is -2.28. The van der Waals surface area contributed by atoms with Gasteiger partial charge in [0.1, 0.15) is 17.1 Å². The first-order valence-electron chi connectivity index (χ1n) is 8.17. The van der Waals surface area contributed by atoms with Gasteiger partial charge in [-0.3, -0.25) is 14.9 Å². The van der Waals surface area contributed by atoms with Crippen LogP contribution in [0, 0.1) is 5.82 Å². The smallest absolute Gasteiger partial charge is 0.146 e. The van der Waals surface area contributed by atoms with Gasteiger partial charge in [0.2, 0.25) is 0 Å². The average Bonchev–Trinajstić information content (AvgIpc) is 3.13. The maximum absolute atomic E-state index is 14.4. The van der Waals surface area contributed by atoms with Crippen LogP contribution in [0.15, 0.2) is 48.8 Å². The molecule has 1 N–H and O–H groups in total. The molecule has 24 heavy (non-hydrogen) atoms. The Bertz CT molecular complexity index is 877. The fourth-order valence-corrected chi connectivity index (χ4v) is 3.48. The predicted octanol–water partition coefficient (Wildman–Crippen LogP) is 3.66. The van der Waals surface area contributed by atoms with E-state index in [0.29, 0.717) is 16.8 Å². The first-order chi connectivity index (χ1) is 11.8. The van der Waals surface area contributed by atoms with Crippen molar-refractivity contribution in [2.24, 2.45) is 0 Å². The van der Waals surface area contributed by atoms with Gasteiger partial charge in [-0.05, 0) is 44.1 Å². The first kappa shape index (κ1) is 15.0. The second-order valence-corrected chi connectivity index (χ2v) is 6.09. The van der Waals surface area contributed by atoms with Crippen LogP contribution >= 0.6 is 0 Å². The highest BCUT2D eigenvalue weighted by atomic mass is 19.1. The zero-order chi connectivity index (χ0) is 16.5. The van der Waals surface area contributed by atoms with E-state index in [9.17, 15) is 9.50 Å². The van der Waals surface area contributed by atoms with Crippen molar-refractivity contribution < 1.29 is 9.50 Å². The number of phenols is 1. The van der Waals surface area contributed by atoms with Crippen molar-refractivity contribution >= 4 is 10.9 Å². The molecule has 1 fully saturated rings. The molecular weight excluding hydrogens is 305 g/mol. The standard InChI is InChI=1S/C19H18FN3O/c20-15-6-4-10-22-17(15)18(23-11-1-2-12-23)14-8-7-13-5-3-9-21-16(13)19(14)24/h3-10,18,24H,1-2,11-12H2. The van der Waals surface area contributed by atoms with E-state index in [-0.39, 0.29) is 11.6 Å². The van der Waals surface area contributed by atoms with Crippen LogP contribution in [0.1, 0.15) is 30.1 Å². The van der Waals surface area contributed by atoms with Crippen LogP contribution in [0.2, 0.25) is 0 Å². The number of hydrogen-bond donors (Lipinski definition) is 1. The molecule has 1 unspecified atom stereocenters. The lowest BCUT2D eigenvalue weighted by molar-refractivity contribution is 0.265.